The molecule has 0 radical (unpaired) electrons. The molecule has 0 aliphatic carbocycles. The minimum atomic E-state index is -0.388. The van der Waals surface area contributed by atoms with Gasteiger partial charge in [0.15, 0.2) is 0 Å². The second-order valence-electron chi connectivity index (χ2n) is 10.6. The summed E-state index contributed by atoms with van der Waals surface area (Å²) in [4.78, 5) is 23.1. The third-order valence-corrected chi connectivity index (χ3v) is 4.95. The second kappa shape index (κ2) is 12.6. The van der Waals surface area contributed by atoms with Crippen LogP contribution in [0.2, 0.25) is 0 Å². The Morgan fingerprint density at radius 1 is 0.676 bits per heavy atom. The lowest BCUT2D eigenvalue weighted by Gasteiger charge is -2.29. The highest BCUT2D eigenvalue weighted by molar-refractivity contribution is 5.87. The summed E-state index contributed by atoms with van der Waals surface area (Å²) in [6, 6.07) is 4.10. The minimum Gasteiger partial charge on any atom is -0.493 e. The molecular formula is C28H42O6. The molecule has 0 spiro atoms. The van der Waals surface area contributed by atoms with Crippen molar-refractivity contribution in [3.05, 3.63) is 47.6 Å². The van der Waals surface area contributed by atoms with Crippen molar-refractivity contribution < 1.29 is 28.5 Å². The van der Waals surface area contributed by atoms with Gasteiger partial charge in [-0.2, -0.15) is 0 Å². The molecule has 0 heterocycles. The molecule has 0 saturated carbocycles. The maximum absolute atomic E-state index is 11.5. The van der Waals surface area contributed by atoms with Crippen molar-refractivity contribution in [2.75, 3.05) is 26.4 Å². The van der Waals surface area contributed by atoms with Gasteiger partial charge >= 0.3 is 11.9 Å². The maximum atomic E-state index is 11.5. The van der Waals surface area contributed by atoms with Gasteiger partial charge in [-0.1, -0.05) is 54.7 Å². The summed E-state index contributed by atoms with van der Waals surface area (Å²) in [5.41, 5.74) is 2.48. The van der Waals surface area contributed by atoms with E-state index in [2.05, 4.69) is 66.8 Å². The summed E-state index contributed by atoms with van der Waals surface area (Å²) in [6.45, 7) is 24.6. The number of benzene rings is 1. The Bertz CT molecular complexity index is 810. The van der Waals surface area contributed by atoms with E-state index in [4.69, 9.17) is 18.9 Å². The molecule has 0 atom stereocenters. The van der Waals surface area contributed by atoms with Gasteiger partial charge < -0.3 is 18.9 Å². The summed E-state index contributed by atoms with van der Waals surface area (Å²) in [5.74, 6) is 0.820. The third kappa shape index (κ3) is 9.62. The van der Waals surface area contributed by atoms with Crippen molar-refractivity contribution in [3.8, 4) is 11.5 Å². The van der Waals surface area contributed by atoms with Crippen LogP contribution in [0.1, 0.15) is 79.4 Å². The summed E-state index contributed by atoms with van der Waals surface area (Å²) < 4.78 is 22.6. The van der Waals surface area contributed by atoms with Gasteiger partial charge in [0.05, 0.1) is 26.4 Å². The molecule has 6 heteroatoms. The molecule has 0 unspecified atom stereocenters. The molecule has 0 fully saturated rings. The van der Waals surface area contributed by atoms with Gasteiger partial charge in [-0.3, -0.25) is 0 Å². The molecule has 0 amide bonds. The number of carbonyl (C=O) groups excluding carboxylic acids is 2. The first kappa shape index (κ1) is 29.3. The molecule has 6 nitrogen and oxygen atoms in total. The first-order chi connectivity index (χ1) is 15.6. The van der Waals surface area contributed by atoms with Crippen LogP contribution in [-0.4, -0.2) is 38.4 Å². The second-order valence-corrected chi connectivity index (χ2v) is 10.6. The Morgan fingerprint density at radius 2 is 1.00 bits per heavy atom. The van der Waals surface area contributed by atoms with Crippen LogP contribution >= 0.6 is 0 Å². The van der Waals surface area contributed by atoms with E-state index >= 15 is 0 Å². The van der Waals surface area contributed by atoms with E-state index < -0.39 is 0 Å². The fourth-order valence-corrected chi connectivity index (χ4v) is 3.03. The average Bonchev–Trinajstić information content (AvgIpc) is 2.71. The van der Waals surface area contributed by atoms with E-state index in [-0.39, 0.29) is 36.0 Å². The summed E-state index contributed by atoms with van der Waals surface area (Å²) >= 11 is 0. The number of hydrogen-bond acceptors (Lipinski definition) is 6. The average molecular weight is 475 g/mol. The van der Waals surface area contributed by atoms with Gasteiger partial charge in [-0.15, -0.1) is 0 Å². The van der Waals surface area contributed by atoms with Crippen molar-refractivity contribution in [2.24, 2.45) is 0 Å². The van der Waals surface area contributed by atoms with Crippen LogP contribution in [0.4, 0.5) is 0 Å². The van der Waals surface area contributed by atoms with E-state index in [1.165, 1.54) is 0 Å². The molecular weight excluding hydrogens is 432 g/mol. The molecule has 1 aromatic rings. The Kier molecular flexibility index (Phi) is 10.9. The third-order valence-electron chi connectivity index (χ3n) is 4.95. The van der Waals surface area contributed by atoms with Gasteiger partial charge in [-0.05, 0) is 36.8 Å². The molecule has 0 N–H and O–H groups in total. The lowest BCUT2D eigenvalue weighted by molar-refractivity contribution is -0.140. The fourth-order valence-electron chi connectivity index (χ4n) is 3.03. The van der Waals surface area contributed by atoms with Crippen LogP contribution in [0, 0.1) is 0 Å². The zero-order valence-corrected chi connectivity index (χ0v) is 22.3. The van der Waals surface area contributed by atoms with Gasteiger partial charge in [0.1, 0.15) is 11.5 Å². The van der Waals surface area contributed by atoms with E-state index in [0.29, 0.717) is 37.2 Å². The quantitative estimate of drug-likeness (QED) is 0.208. The molecule has 34 heavy (non-hydrogen) atoms. The first-order valence-corrected chi connectivity index (χ1v) is 11.7. The van der Waals surface area contributed by atoms with Crippen LogP contribution in [0.25, 0.3) is 0 Å². The van der Waals surface area contributed by atoms with Crippen molar-refractivity contribution in [1.29, 1.82) is 0 Å². The van der Waals surface area contributed by atoms with Crippen molar-refractivity contribution >= 4 is 11.9 Å². The molecule has 1 rings (SSSR count). The minimum absolute atomic E-state index is 0.173. The first-order valence-electron chi connectivity index (χ1n) is 11.7. The highest BCUT2D eigenvalue weighted by Crippen LogP contribution is 2.41. The standard InChI is InChI=1S/C28H42O6/c1-19(2)25(29)33-15-11-13-31-23-17-22(28(8,9)10)24(18-21(23)27(5,6)7)32-14-12-16-34-26(30)20(3)4/h17-18H,1,3,11-16H2,2,4-10H3. The summed E-state index contributed by atoms with van der Waals surface area (Å²) in [7, 11) is 0. The van der Waals surface area contributed by atoms with Crippen molar-refractivity contribution in [1.82, 2.24) is 0 Å². The van der Waals surface area contributed by atoms with Gasteiger partial charge in [0.2, 0.25) is 0 Å². The molecule has 190 valence electrons. The highest BCUT2D eigenvalue weighted by Gasteiger charge is 2.27. The van der Waals surface area contributed by atoms with Crippen LogP contribution in [0.3, 0.4) is 0 Å². The van der Waals surface area contributed by atoms with E-state index in [0.717, 1.165) is 22.6 Å². The van der Waals surface area contributed by atoms with Gasteiger partial charge in [-0.25, -0.2) is 9.59 Å². The predicted octanol–water partition coefficient (Wildman–Crippen LogP) is 6.06. The normalized spacial score (nSPS) is 11.5. The van der Waals surface area contributed by atoms with Crippen molar-refractivity contribution in [3.63, 3.8) is 0 Å². The predicted molar refractivity (Wildman–Crippen MR) is 136 cm³/mol. The fraction of sp³-hybridized carbons (Fsp3) is 0.571. The number of esters is 2. The molecule has 0 bridgehead atoms. The largest absolute Gasteiger partial charge is 0.493 e. The Labute approximate surface area is 205 Å². The van der Waals surface area contributed by atoms with Crippen molar-refractivity contribution in [2.45, 2.75) is 79.1 Å². The van der Waals surface area contributed by atoms with E-state index in [1.54, 1.807) is 13.8 Å². The van der Waals surface area contributed by atoms with Crippen LogP contribution in [0.5, 0.6) is 11.5 Å². The molecule has 0 aliphatic heterocycles. The Morgan fingerprint density at radius 3 is 1.26 bits per heavy atom. The lowest BCUT2D eigenvalue weighted by atomic mass is 9.81. The lowest BCUT2D eigenvalue weighted by Crippen LogP contribution is -2.19. The highest BCUT2D eigenvalue weighted by atomic mass is 16.5. The van der Waals surface area contributed by atoms with Crippen LogP contribution < -0.4 is 9.47 Å². The van der Waals surface area contributed by atoms with E-state index in [9.17, 15) is 9.59 Å². The van der Waals surface area contributed by atoms with Crippen LogP contribution in [0.15, 0.2) is 36.4 Å². The summed E-state index contributed by atoms with van der Waals surface area (Å²) in [6.07, 6.45) is 1.16. The van der Waals surface area contributed by atoms with Gasteiger partial charge in [0.25, 0.3) is 0 Å². The maximum Gasteiger partial charge on any atom is 0.333 e. The van der Waals surface area contributed by atoms with Gasteiger partial charge in [0, 0.05) is 35.1 Å². The number of hydrogen-bond donors (Lipinski definition) is 0. The molecule has 1 aromatic carbocycles. The SMILES string of the molecule is C=C(C)C(=O)OCCCOc1cc(C(C)(C)C)c(OCCCOC(=O)C(=C)C)cc1C(C)(C)C. The molecule has 0 aromatic heterocycles. The zero-order chi connectivity index (χ0) is 26.1. The monoisotopic (exact) mass is 474 g/mol. The topological polar surface area (TPSA) is 71.1 Å². The zero-order valence-electron chi connectivity index (χ0n) is 22.3. The number of rotatable bonds is 12. The molecule has 0 aliphatic rings. The van der Waals surface area contributed by atoms with E-state index in [1.807, 2.05) is 0 Å². The number of ether oxygens (including phenoxy) is 4. The summed E-state index contributed by atoms with van der Waals surface area (Å²) in [5, 5.41) is 0. The Balaban J connectivity index is 2.97. The van der Waals surface area contributed by atoms with Crippen LogP contribution in [-0.2, 0) is 29.9 Å². The Hall–Kier alpha value is -2.76. The molecule has 0 saturated heterocycles. The smallest absolute Gasteiger partial charge is 0.333 e. The number of carbonyl (C=O) groups is 2.